The van der Waals surface area contributed by atoms with Crippen molar-refractivity contribution in [2.45, 2.75) is 51.6 Å². The molecule has 1 aliphatic heterocycles. The van der Waals surface area contributed by atoms with E-state index in [2.05, 4.69) is 19.9 Å². The van der Waals surface area contributed by atoms with Crippen LogP contribution in [-0.2, 0) is 23.8 Å². The summed E-state index contributed by atoms with van der Waals surface area (Å²) in [5.41, 5.74) is 2.20. The Labute approximate surface area is 240 Å². The Morgan fingerprint density at radius 3 is 2.60 bits per heavy atom. The van der Waals surface area contributed by atoms with Gasteiger partial charge in [-0.2, -0.15) is 8.78 Å². The molecule has 0 atom stereocenters. The lowest BCUT2D eigenvalue weighted by atomic mass is 10.1. The van der Waals surface area contributed by atoms with Crippen LogP contribution in [0.3, 0.4) is 0 Å². The van der Waals surface area contributed by atoms with E-state index in [-0.39, 0.29) is 36.3 Å². The van der Waals surface area contributed by atoms with Gasteiger partial charge in [0.05, 0.1) is 31.1 Å². The van der Waals surface area contributed by atoms with Crippen LogP contribution in [0.5, 0.6) is 5.88 Å². The molecule has 1 fully saturated rings. The molecule has 0 saturated heterocycles. The monoisotopic (exact) mass is 578 g/mol. The molecule has 1 aliphatic carbocycles. The van der Waals surface area contributed by atoms with Crippen LogP contribution in [0.15, 0.2) is 36.9 Å². The van der Waals surface area contributed by atoms with Crippen LogP contribution in [0.25, 0.3) is 22.8 Å². The molecule has 1 saturated carbocycles. The van der Waals surface area contributed by atoms with Crippen LogP contribution < -0.4 is 14.5 Å². The molecule has 0 N–H and O–H groups in total. The van der Waals surface area contributed by atoms with Gasteiger partial charge in [0.2, 0.25) is 11.8 Å². The van der Waals surface area contributed by atoms with Gasteiger partial charge in [-0.15, -0.1) is 0 Å². The summed E-state index contributed by atoms with van der Waals surface area (Å²) in [6.45, 7) is 3.06. The Bertz CT molecular complexity index is 1680. The number of halogens is 3. The number of carbonyl (C=O) groups excluding carboxylic acids is 1. The summed E-state index contributed by atoms with van der Waals surface area (Å²) in [6.07, 6.45) is 6.30. The summed E-state index contributed by atoms with van der Waals surface area (Å²) in [5.74, 6) is -2.29. The van der Waals surface area contributed by atoms with Gasteiger partial charge in [-0.3, -0.25) is 4.79 Å². The predicted octanol–water partition coefficient (Wildman–Crippen LogP) is 4.94. The quantitative estimate of drug-likeness (QED) is 0.290. The topological polar surface area (TPSA) is 102 Å². The van der Waals surface area contributed by atoms with Gasteiger partial charge in [-0.05, 0) is 37.5 Å². The molecule has 1 amide bonds. The zero-order chi connectivity index (χ0) is 29.8. The van der Waals surface area contributed by atoms with Crippen LogP contribution in [0.4, 0.5) is 24.7 Å². The van der Waals surface area contributed by atoms with Crippen LogP contribution in [-0.4, -0.2) is 56.1 Å². The number of alkyl halides is 2. The average Bonchev–Trinajstić information content (AvgIpc) is 3.72. The highest BCUT2D eigenvalue weighted by Crippen LogP contribution is 2.45. The number of methoxy groups -OCH3 is 1. The highest BCUT2D eigenvalue weighted by molar-refractivity contribution is 6.02. The third-order valence-electron chi connectivity index (χ3n) is 7.55. The summed E-state index contributed by atoms with van der Waals surface area (Å²) in [5, 5.41) is 0. The Hall–Kier alpha value is -4.55. The molecule has 6 rings (SSSR count). The van der Waals surface area contributed by atoms with Crippen molar-refractivity contribution in [3.05, 3.63) is 59.7 Å². The number of anilines is 2. The van der Waals surface area contributed by atoms with Gasteiger partial charge >= 0.3 is 0 Å². The number of aromatic nitrogens is 6. The molecule has 218 valence electrons. The molecule has 42 heavy (non-hydrogen) atoms. The van der Waals surface area contributed by atoms with Crippen LogP contribution in [0.1, 0.15) is 49.6 Å². The largest absolute Gasteiger partial charge is 0.480 e. The van der Waals surface area contributed by atoms with Crippen LogP contribution in [0.2, 0.25) is 0 Å². The maximum absolute atomic E-state index is 15.5. The Balaban J connectivity index is 1.36. The first kappa shape index (κ1) is 27.6. The van der Waals surface area contributed by atoms with E-state index in [4.69, 9.17) is 9.72 Å². The number of fused-ring (bicyclic) bond motifs is 1. The number of hydrogen-bond acceptors (Lipinski definition) is 8. The second-order valence-electron chi connectivity index (χ2n) is 10.6. The highest BCUT2D eigenvalue weighted by Gasteiger charge is 2.34. The molecular weight excluding hydrogens is 549 g/mol. The number of aryl methyl sites for hydroxylation is 1. The molecule has 10 nitrogen and oxygen atoms in total. The Morgan fingerprint density at radius 1 is 1.14 bits per heavy atom. The lowest BCUT2D eigenvalue weighted by Crippen LogP contribution is -2.44. The first-order valence-electron chi connectivity index (χ1n) is 13.6. The number of nitrogens with zero attached hydrogens (tertiary/aromatic N) is 8. The van der Waals surface area contributed by atoms with Crippen molar-refractivity contribution in [3.8, 4) is 28.7 Å². The molecule has 4 heterocycles. The SMILES string of the molecule is CCn1cc(C(C)(F)F)nc1-c1ccc(CN2CC(=O)N(C)c3cnc(-c4c(OC)ncnc4C4CC4)nc32)cc1F. The summed E-state index contributed by atoms with van der Waals surface area (Å²) in [7, 11) is 3.18. The van der Waals surface area contributed by atoms with Crippen molar-refractivity contribution in [2.75, 3.05) is 30.5 Å². The molecule has 13 heteroatoms. The predicted molar refractivity (Wildman–Crippen MR) is 149 cm³/mol. The van der Waals surface area contributed by atoms with E-state index in [1.165, 1.54) is 41.2 Å². The van der Waals surface area contributed by atoms with Crippen molar-refractivity contribution in [1.82, 2.24) is 29.5 Å². The van der Waals surface area contributed by atoms with Crippen LogP contribution in [0, 0.1) is 5.82 Å². The van der Waals surface area contributed by atoms with E-state index in [1.807, 2.05) is 0 Å². The first-order chi connectivity index (χ1) is 20.1. The fraction of sp³-hybridized carbons (Fsp3) is 0.379. The number of rotatable bonds is 8. The maximum atomic E-state index is 15.5. The number of amides is 1. The molecule has 0 radical (unpaired) electrons. The zero-order valence-corrected chi connectivity index (χ0v) is 23.6. The molecule has 0 bridgehead atoms. The molecular formula is C29H29F3N8O2. The normalized spacial score (nSPS) is 15.3. The summed E-state index contributed by atoms with van der Waals surface area (Å²) in [6, 6.07) is 4.55. The Morgan fingerprint density at radius 2 is 1.93 bits per heavy atom. The van der Waals surface area contributed by atoms with Crippen molar-refractivity contribution in [2.24, 2.45) is 0 Å². The molecule has 0 spiro atoms. The number of ether oxygens (including phenoxy) is 1. The van der Waals surface area contributed by atoms with Crippen molar-refractivity contribution in [1.29, 1.82) is 0 Å². The number of carbonyl (C=O) groups is 1. The van der Waals surface area contributed by atoms with E-state index in [0.717, 1.165) is 25.5 Å². The summed E-state index contributed by atoms with van der Waals surface area (Å²) < 4.78 is 50.3. The second-order valence-corrected chi connectivity index (χ2v) is 10.6. The highest BCUT2D eigenvalue weighted by atomic mass is 19.3. The minimum absolute atomic E-state index is 0.0103. The minimum Gasteiger partial charge on any atom is -0.480 e. The standard InChI is InChI=1S/C29H29F3N8O2/c1-5-39-13-21(29(2,31)32)36-26(39)18-9-6-16(10-19(18)30)12-40-14-22(41)38(3)20-11-33-25(37-27(20)40)23-24(17-7-8-17)34-15-35-28(23)42-4/h6,9-11,13,15,17H,5,7-8,12,14H2,1-4H3. The van der Waals surface area contributed by atoms with Crippen molar-refractivity contribution >= 4 is 17.4 Å². The fourth-order valence-corrected chi connectivity index (χ4v) is 5.12. The van der Waals surface area contributed by atoms with Crippen LogP contribution >= 0.6 is 0 Å². The third-order valence-corrected chi connectivity index (χ3v) is 7.55. The van der Waals surface area contributed by atoms with Gasteiger partial charge < -0.3 is 19.1 Å². The number of imidazole rings is 1. The van der Waals surface area contributed by atoms with Gasteiger partial charge in [-0.25, -0.2) is 29.3 Å². The van der Waals surface area contributed by atoms with Gasteiger partial charge in [-0.1, -0.05) is 6.07 Å². The van der Waals surface area contributed by atoms with Crippen molar-refractivity contribution < 1.29 is 22.7 Å². The Kier molecular flexibility index (Phi) is 6.82. The van der Waals surface area contributed by atoms with Crippen molar-refractivity contribution in [3.63, 3.8) is 0 Å². The van der Waals surface area contributed by atoms with Gasteiger partial charge in [0.25, 0.3) is 5.92 Å². The molecule has 4 aromatic rings. The van der Waals surface area contributed by atoms with E-state index in [0.29, 0.717) is 40.9 Å². The smallest absolute Gasteiger partial charge is 0.288 e. The molecule has 3 aromatic heterocycles. The van der Waals surface area contributed by atoms with Gasteiger partial charge in [0.15, 0.2) is 11.6 Å². The molecule has 0 unspecified atom stereocenters. The average molecular weight is 579 g/mol. The van der Waals surface area contributed by atoms with E-state index in [1.54, 1.807) is 31.1 Å². The zero-order valence-electron chi connectivity index (χ0n) is 23.6. The van der Waals surface area contributed by atoms with E-state index >= 15 is 4.39 Å². The third kappa shape index (κ3) is 4.92. The number of likely N-dealkylation sites (N-methyl/N-ethyl adjacent to an activating group) is 1. The second kappa shape index (κ2) is 10.4. The number of benzene rings is 1. The molecule has 2 aliphatic rings. The maximum Gasteiger partial charge on any atom is 0.288 e. The lowest BCUT2D eigenvalue weighted by molar-refractivity contribution is -0.117. The summed E-state index contributed by atoms with van der Waals surface area (Å²) >= 11 is 0. The summed E-state index contributed by atoms with van der Waals surface area (Å²) in [4.78, 5) is 38.3. The first-order valence-corrected chi connectivity index (χ1v) is 13.6. The van der Waals surface area contributed by atoms with Gasteiger partial charge in [0.1, 0.15) is 34.9 Å². The number of hydrogen-bond donors (Lipinski definition) is 0. The molecule has 1 aromatic carbocycles. The lowest BCUT2D eigenvalue weighted by Gasteiger charge is -2.34. The fourth-order valence-electron chi connectivity index (χ4n) is 5.12. The van der Waals surface area contributed by atoms with E-state index < -0.39 is 17.4 Å². The van der Waals surface area contributed by atoms with E-state index in [9.17, 15) is 13.6 Å². The van der Waals surface area contributed by atoms with Gasteiger partial charge in [0, 0.05) is 39.2 Å². The minimum atomic E-state index is -3.15.